The number of fused-ring (bicyclic) bond motifs is 1. The maximum absolute atomic E-state index is 13.6. The number of imidazole rings is 1. The molecule has 1 atom stereocenters. The SMILES string of the molecule is COc1nc(C=Cc2nc3n(n2)CCCC3c2ccccc2C(F)(F)F)ccc1-n1cnc(C)c1. The second-order valence-corrected chi connectivity index (χ2v) is 8.35. The minimum Gasteiger partial charge on any atom is -0.479 e. The molecule has 0 N–H and O–H groups in total. The predicted octanol–water partition coefficient (Wildman–Crippen LogP) is 5.29. The van der Waals surface area contributed by atoms with Gasteiger partial charge in [0.15, 0.2) is 5.82 Å². The molecule has 4 aromatic rings. The molecule has 0 spiro atoms. The summed E-state index contributed by atoms with van der Waals surface area (Å²) in [6, 6.07) is 9.42. The van der Waals surface area contributed by atoms with Crippen LogP contribution in [-0.4, -0.2) is 36.4 Å². The number of ether oxygens (including phenoxy) is 1. The smallest absolute Gasteiger partial charge is 0.416 e. The maximum Gasteiger partial charge on any atom is 0.416 e. The van der Waals surface area contributed by atoms with E-state index in [2.05, 4.69) is 20.1 Å². The third kappa shape index (κ3) is 4.55. The predicted molar refractivity (Wildman–Crippen MR) is 124 cm³/mol. The first-order chi connectivity index (χ1) is 16.8. The van der Waals surface area contributed by atoms with Gasteiger partial charge in [-0.15, -0.1) is 0 Å². The Morgan fingerprint density at radius 3 is 2.66 bits per heavy atom. The van der Waals surface area contributed by atoms with Gasteiger partial charge in [-0.1, -0.05) is 18.2 Å². The van der Waals surface area contributed by atoms with Crippen LogP contribution in [0.4, 0.5) is 13.2 Å². The number of aryl methyl sites for hydroxylation is 2. The quantitative estimate of drug-likeness (QED) is 0.388. The second-order valence-electron chi connectivity index (χ2n) is 8.35. The Morgan fingerprint density at radius 1 is 1.09 bits per heavy atom. The number of methoxy groups -OCH3 is 1. The summed E-state index contributed by atoms with van der Waals surface area (Å²) in [5.74, 6) is 0.938. The lowest BCUT2D eigenvalue weighted by atomic mass is 9.88. The van der Waals surface area contributed by atoms with Crippen LogP contribution < -0.4 is 4.74 Å². The van der Waals surface area contributed by atoms with Crippen LogP contribution in [0.3, 0.4) is 0 Å². The molecule has 4 heterocycles. The zero-order chi connectivity index (χ0) is 24.6. The lowest BCUT2D eigenvalue weighted by Crippen LogP contribution is -2.21. The summed E-state index contributed by atoms with van der Waals surface area (Å²) in [5.41, 5.74) is 1.88. The molecular weight excluding hydrogens is 457 g/mol. The molecular formula is C25H23F3N6O. The molecule has 1 unspecified atom stereocenters. The van der Waals surface area contributed by atoms with Gasteiger partial charge < -0.3 is 9.30 Å². The van der Waals surface area contributed by atoms with Crippen LogP contribution in [0.15, 0.2) is 48.9 Å². The van der Waals surface area contributed by atoms with Crippen molar-refractivity contribution in [2.45, 2.75) is 38.4 Å². The molecule has 1 aliphatic rings. The van der Waals surface area contributed by atoms with Crippen LogP contribution >= 0.6 is 0 Å². The number of pyridine rings is 1. The summed E-state index contributed by atoms with van der Waals surface area (Å²) in [5, 5.41) is 4.51. The molecule has 0 bridgehead atoms. The zero-order valence-corrected chi connectivity index (χ0v) is 19.2. The summed E-state index contributed by atoms with van der Waals surface area (Å²) >= 11 is 0. The largest absolute Gasteiger partial charge is 0.479 e. The molecule has 180 valence electrons. The molecule has 0 aliphatic carbocycles. The molecule has 3 aromatic heterocycles. The molecule has 7 nitrogen and oxygen atoms in total. The van der Waals surface area contributed by atoms with Gasteiger partial charge in [-0.05, 0) is 55.7 Å². The highest BCUT2D eigenvalue weighted by Crippen LogP contribution is 2.40. The van der Waals surface area contributed by atoms with E-state index in [4.69, 9.17) is 4.74 Å². The molecule has 10 heteroatoms. The average molecular weight is 480 g/mol. The first-order valence-corrected chi connectivity index (χ1v) is 11.2. The average Bonchev–Trinajstić information content (AvgIpc) is 3.47. The fraction of sp³-hybridized carbons (Fsp3) is 0.280. The number of nitrogens with zero attached hydrogens (tertiary/aromatic N) is 6. The normalized spacial score (nSPS) is 16.0. The Bertz CT molecular complexity index is 1390. The van der Waals surface area contributed by atoms with Crippen molar-refractivity contribution < 1.29 is 17.9 Å². The van der Waals surface area contributed by atoms with Gasteiger partial charge >= 0.3 is 6.18 Å². The van der Waals surface area contributed by atoms with E-state index in [-0.39, 0.29) is 5.56 Å². The summed E-state index contributed by atoms with van der Waals surface area (Å²) in [4.78, 5) is 13.3. The molecule has 1 aromatic carbocycles. The van der Waals surface area contributed by atoms with Crippen molar-refractivity contribution in [1.82, 2.24) is 29.3 Å². The van der Waals surface area contributed by atoms with Gasteiger partial charge in [0.25, 0.3) is 0 Å². The number of aromatic nitrogens is 6. The van der Waals surface area contributed by atoms with E-state index >= 15 is 0 Å². The molecule has 0 saturated carbocycles. The summed E-state index contributed by atoms with van der Waals surface area (Å²) < 4.78 is 49.8. The van der Waals surface area contributed by atoms with E-state index in [1.54, 1.807) is 36.3 Å². The summed E-state index contributed by atoms with van der Waals surface area (Å²) in [6.07, 6.45) is 3.92. The Hall–Kier alpha value is -3.95. The van der Waals surface area contributed by atoms with Gasteiger partial charge in [0.05, 0.1) is 30.4 Å². The fourth-order valence-corrected chi connectivity index (χ4v) is 4.39. The van der Waals surface area contributed by atoms with Crippen molar-refractivity contribution in [3.05, 3.63) is 83.1 Å². The third-order valence-electron chi connectivity index (χ3n) is 5.98. The molecule has 35 heavy (non-hydrogen) atoms. The molecule has 0 fully saturated rings. The van der Waals surface area contributed by atoms with Crippen molar-refractivity contribution in [1.29, 1.82) is 0 Å². The van der Waals surface area contributed by atoms with Gasteiger partial charge in [0.1, 0.15) is 11.5 Å². The van der Waals surface area contributed by atoms with Crippen LogP contribution in [0.2, 0.25) is 0 Å². The van der Waals surface area contributed by atoms with E-state index in [0.717, 1.165) is 23.9 Å². The first-order valence-electron chi connectivity index (χ1n) is 11.2. The summed E-state index contributed by atoms with van der Waals surface area (Å²) in [6.45, 7) is 2.52. The third-order valence-corrected chi connectivity index (χ3v) is 5.98. The molecule has 0 amide bonds. The maximum atomic E-state index is 13.6. The molecule has 0 saturated heterocycles. The van der Waals surface area contributed by atoms with Crippen LogP contribution in [0.1, 0.15) is 52.9 Å². The standard InChI is InChI=1S/C25H23F3N6O/c1-16-14-33(15-29-16)21-11-9-17(30-24(21)35-2)10-12-22-31-23-19(7-5-13-34(23)32-22)18-6-3-4-8-20(18)25(26,27)28/h3-4,6,8-12,14-15,19H,5,7,13H2,1-2H3. The second kappa shape index (κ2) is 9.01. The van der Waals surface area contributed by atoms with Crippen LogP contribution in [-0.2, 0) is 12.7 Å². The van der Waals surface area contributed by atoms with Gasteiger partial charge in [0.2, 0.25) is 5.88 Å². The van der Waals surface area contributed by atoms with Gasteiger partial charge in [-0.25, -0.2) is 19.6 Å². The van der Waals surface area contributed by atoms with E-state index in [1.165, 1.54) is 12.1 Å². The number of benzene rings is 1. The molecule has 1 aliphatic heterocycles. The van der Waals surface area contributed by atoms with Crippen LogP contribution in [0, 0.1) is 6.92 Å². The minimum absolute atomic E-state index is 0.237. The monoisotopic (exact) mass is 480 g/mol. The highest BCUT2D eigenvalue weighted by molar-refractivity contribution is 5.65. The minimum atomic E-state index is -4.42. The zero-order valence-electron chi connectivity index (χ0n) is 19.2. The number of hydrogen-bond acceptors (Lipinski definition) is 5. The van der Waals surface area contributed by atoms with E-state index in [0.29, 0.717) is 36.2 Å². The topological polar surface area (TPSA) is 70.7 Å². The number of alkyl halides is 3. The summed E-state index contributed by atoms with van der Waals surface area (Å²) in [7, 11) is 1.55. The van der Waals surface area contributed by atoms with Crippen molar-refractivity contribution in [3.63, 3.8) is 0 Å². The number of hydrogen-bond donors (Lipinski definition) is 0. The lowest BCUT2D eigenvalue weighted by Gasteiger charge is -2.25. The Kier molecular flexibility index (Phi) is 5.88. The van der Waals surface area contributed by atoms with Crippen molar-refractivity contribution >= 4 is 12.2 Å². The van der Waals surface area contributed by atoms with Gasteiger partial charge in [0, 0.05) is 18.7 Å². The lowest BCUT2D eigenvalue weighted by molar-refractivity contribution is -0.138. The molecule has 0 radical (unpaired) electrons. The number of halogens is 3. The van der Waals surface area contributed by atoms with Gasteiger partial charge in [-0.3, -0.25) is 0 Å². The van der Waals surface area contributed by atoms with E-state index < -0.39 is 17.7 Å². The van der Waals surface area contributed by atoms with Crippen LogP contribution in [0.25, 0.3) is 17.8 Å². The van der Waals surface area contributed by atoms with E-state index in [9.17, 15) is 13.2 Å². The van der Waals surface area contributed by atoms with Crippen molar-refractivity contribution in [3.8, 4) is 11.6 Å². The highest BCUT2D eigenvalue weighted by Gasteiger charge is 2.37. The number of rotatable bonds is 5. The fourth-order valence-electron chi connectivity index (χ4n) is 4.39. The van der Waals surface area contributed by atoms with Crippen molar-refractivity contribution in [2.24, 2.45) is 0 Å². The Balaban J connectivity index is 1.43. The van der Waals surface area contributed by atoms with Gasteiger partial charge in [-0.2, -0.15) is 18.3 Å². The Morgan fingerprint density at radius 2 is 1.91 bits per heavy atom. The highest BCUT2D eigenvalue weighted by atomic mass is 19.4. The first kappa shape index (κ1) is 22.8. The van der Waals surface area contributed by atoms with Crippen LogP contribution in [0.5, 0.6) is 5.88 Å². The Labute approximate surface area is 199 Å². The van der Waals surface area contributed by atoms with E-state index in [1.807, 2.05) is 29.8 Å². The molecule has 5 rings (SSSR count). The van der Waals surface area contributed by atoms with Crippen molar-refractivity contribution in [2.75, 3.05) is 7.11 Å².